The molecule has 1 N–H and O–H groups in total. The molecule has 0 unspecified atom stereocenters. The maximum absolute atomic E-state index is 8.36. The first kappa shape index (κ1) is 16.7. The molecule has 0 aliphatic carbocycles. The van der Waals surface area contributed by atoms with E-state index in [-0.39, 0.29) is 6.47 Å². The Bertz CT molecular complexity index is 1010. The SMILES string of the molecule is Cc1cc(-c2cncs2)nc2ccc(-c3nncn3C)cc12.O=CO. The second kappa shape index (κ2) is 7.18. The largest absolute Gasteiger partial charge is 0.483 e. The highest BCUT2D eigenvalue weighted by Crippen LogP contribution is 2.29. The number of rotatable bonds is 2. The molecule has 0 spiro atoms. The number of fused-ring (bicyclic) bond motifs is 1. The minimum atomic E-state index is -0.250. The van der Waals surface area contributed by atoms with Crippen LogP contribution in [0.2, 0.25) is 0 Å². The molecule has 1 aromatic carbocycles. The van der Waals surface area contributed by atoms with Crippen LogP contribution in [0.1, 0.15) is 5.56 Å². The molecule has 0 aliphatic heterocycles. The summed E-state index contributed by atoms with van der Waals surface area (Å²) in [4.78, 5) is 18.3. The van der Waals surface area contributed by atoms with Gasteiger partial charge in [0, 0.05) is 24.2 Å². The average Bonchev–Trinajstić information content (AvgIpc) is 3.27. The smallest absolute Gasteiger partial charge is 0.290 e. The van der Waals surface area contributed by atoms with Gasteiger partial charge < -0.3 is 9.67 Å². The van der Waals surface area contributed by atoms with Gasteiger partial charge in [-0.15, -0.1) is 21.5 Å². The van der Waals surface area contributed by atoms with Crippen molar-refractivity contribution in [1.29, 1.82) is 0 Å². The van der Waals surface area contributed by atoms with E-state index in [2.05, 4.69) is 34.2 Å². The van der Waals surface area contributed by atoms with Gasteiger partial charge in [-0.2, -0.15) is 0 Å². The van der Waals surface area contributed by atoms with Gasteiger partial charge in [-0.1, -0.05) is 0 Å². The van der Waals surface area contributed by atoms with Crippen molar-refractivity contribution in [3.05, 3.63) is 47.9 Å². The highest BCUT2D eigenvalue weighted by molar-refractivity contribution is 7.13. The molecule has 126 valence electrons. The van der Waals surface area contributed by atoms with E-state index < -0.39 is 0 Å². The number of hydrogen-bond acceptors (Lipinski definition) is 6. The van der Waals surface area contributed by atoms with E-state index in [1.165, 1.54) is 5.56 Å². The van der Waals surface area contributed by atoms with Gasteiger partial charge in [0.2, 0.25) is 0 Å². The van der Waals surface area contributed by atoms with Crippen LogP contribution in [0, 0.1) is 6.92 Å². The van der Waals surface area contributed by atoms with E-state index in [1.54, 1.807) is 17.7 Å². The molecular formula is C17H15N5O2S. The molecule has 4 rings (SSSR count). The fourth-order valence-electron chi connectivity index (χ4n) is 2.55. The number of carboxylic acid groups (broad SMARTS) is 1. The van der Waals surface area contributed by atoms with Gasteiger partial charge in [0.25, 0.3) is 6.47 Å². The lowest BCUT2D eigenvalue weighted by molar-refractivity contribution is -0.122. The van der Waals surface area contributed by atoms with Crippen LogP contribution < -0.4 is 0 Å². The van der Waals surface area contributed by atoms with Crippen molar-refractivity contribution in [2.45, 2.75) is 6.92 Å². The van der Waals surface area contributed by atoms with Crippen LogP contribution in [0.3, 0.4) is 0 Å². The maximum atomic E-state index is 8.36. The average molecular weight is 353 g/mol. The molecule has 4 aromatic rings. The second-order valence-electron chi connectivity index (χ2n) is 5.29. The Hall–Kier alpha value is -3.13. The molecule has 0 aliphatic rings. The highest BCUT2D eigenvalue weighted by Gasteiger charge is 2.10. The molecule has 0 saturated carbocycles. The Morgan fingerprint density at radius 3 is 2.72 bits per heavy atom. The quantitative estimate of drug-likeness (QED) is 0.556. The molecule has 3 aromatic heterocycles. The van der Waals surface area contributed by atoms with E-state index in [0.717, 1.165) is 32.9 Å². The van der Waals surface area contributed by atoms with Crippen molar-refractivity contribution >= 4 is 28.7 Å². The van der Waals surface area contributed by atoms with E-state index >= 15 is 0 Å². The monoisotopic (exact) mass is 353 g/mol. The normalized spacial score (nSPS) is 10.3. The molecular weight excluding hydrogens is 338 g/mol. The molecule has 25 heavy (non-hydrogen) atoms. The van der Waals surface area contributed by atoms with Crippen LogP contribution in [-0.2, 0) is 11.8 Å². The van der Waals surface area contributed by atoms with Gasteiger partial charge in [0.15, 0.2) is 5.82 Å². The third-order valence-corrected chi connectivity index (χ3v) is 4.47. The maximum Gasteiger partial charge on any atom is 0.290 e. The summed E-state index contributed by atoms with van der Waals surface area (Å²) in [5.41, 5.74) is 6.02. The second-order valence-corrected chi connectivity index (χ2v) is 6.18. The van der Waals surface area contributed by atoms with Gasteiger partial charge in [-0.25, -0.2) is 4.98 Å². The van der Waals surface area contributed by atoms with Gasteiger partial charge >= 0.3 is 0 Å². The molecule has 0 saturated heterocycles. The van der Waals surface area contributed by atoms with Gasteiger partial charge in [-0.05, 0) is 36.8 Å². The summed E-state index contributed by atoms with van der Waals surface area (Å²) in [6, 6.07) is 8.31. The van der Waals surface area contributed by atoms with E-state index in [9.17, 15) is 0 Å². The number of benzene rings is 1. The van der Waals surface area contributed by atoms with Crippen molar-refractivity contribution in [3.63, 3.8) is 0 Å². The van der Waals surface area contributed by atoms with Crippen molar-refractivity contribution in [2.24, 2.45) is 7.05 Å². The fourth-order valence-corrected chi connectivity index (χ4v) is 3.13. The summed E-state index contributed by atoms with van der Waals surface area (Å²) in [6.07, 6.45) is 3.56. The molecule has 8 heteroatoms. The topological polar surface area (TPSA) is 93.8 Å². The van der Waals surface area contributed by atoms with Crippen molar-refractivity contribution < 1.29 is 9.90 Å². The zero-order valence-corrected chi connectivity index (χ0v) is 14.4. The fraction of sp³-hybridized carbons (Fsp3) is 0.118. The van der Waals surface area contributed by atoms with E-state index in [4.69, 9.17) is 14.9 Å². The Kier molecular flexibility index (Phi) is 4.80. The first-order valence-corrected chi connectivity index (χ1v) is 8.24. The van der Waals surface area contributed by atoms with Gasteiger partial charge in [0.1, 0.15) is 6.33 Å². The van der Waals surface area contributed by atoms with Crippen LogP contribution >= 0.6 is 11.3 Å². The molecule has 0 atom stereocenters. The van der Waals surface area contributed by atoms with Crippen LogP contribution in [0.4, 0.5) is 0 Å². The van der Waals surface area contributed by atoms with Crippen LogP contribution in [0.25, 0.3) is 32.9 Å². The standard InChI is InChI=1S/C16H13N5S.CH2O2/c1-10-5-14(15-7-17-9-22-15)19-13-4-3-11(6-12(10)13)16-20-18-8-21(16)2;2-1-3/h3-9H,1-2H3;1H,(H,2,3). The highest BCUT2D eigenvalue weighted by atomic mass is 32.1. The predicted octanol–water partition coefficient (Wildman–Crippen LogP) is 3.16. The number of thiazole rings is 1. The summed E-state index contributed by atoms with van der Waals surface area (Å²) >= 11 is 1.60. The third kappa shape index (κ3) is 3.38. The van der Waals surface area contributed by atoms with E-state index in [1.807, 2.05) is 35.5 Å². The number of carbonyl (C=O) groups is 1. The molecule has 0 bridgehead atoms. The predicted molar refractivity (Wildman–Crippen MR) is 96.3 cm³/mol. The summed E-state index contributed by atoms with van der Waals surface area (Å²) in [5, 5.41) is 16.1. The number of nitrogens with zero attached hydrogens (tertiary/aromatic N) is 5. The lowest BCUT2D eigenvalue weighted by Gasteiger charge is -2.07. The first-order chi connectivity index (χ1) is 12.1. The van der Waals surface area contributed by atoms with Crippen molar-refractivity contribution in [3.8, 4) is 22.0 Å². The van der Waals surface area contributed by atoms with Crippen LogP contribution in [0.15, 0.2) is 42.3 Å². The number of aryl methyl sites for hydroxylation is 2. The van der Waals surface area contributed by atoms with Gasteiger partial charge in [0.05, 0.1) is 21.6 Å². The zero-order chi connectivity index (χ0) is 17.8. The molecule has 0 radical (unpaired) electrons. The summed E-state index contributed by atoms with van der Waals surface area (Å²) in [7, 11) is 1.94. The first-order valence-electron chi connectivity index (χ1n) is 7.36. The lowest BCUT2D eigenvalue weighted by Crippen LogP contribution is -1.93. The minimum absolute atomic E-state index is 0.250. The zero-order valence-electron chi connectivity index (χ0n) is 13.6. The Labute approximate surface area is 147 Å². The van der Waals surface area contributed by atoms with Gasteiger partial charge in [-0.3, -0.25) is 9.78 Å². The molecule has 7 nitrogen and oxygen atoms in total. The number of hydrogen-bond donors (Lipinski definition) is 1. The molecule has 0 amide bonds. The molecule has 0 fully saturated rings. The summed E-state index contributed by atoms with van der Waals surface area (Å²) in [5.74, 6) is 0.854. The van der Waals surface area contributed by atoms with Crippen molar-refractivity contribution in [2.75, 3.05) is 0 Å². The molecule has 3 heterocycles. The Morgan fingerprint density at radius 2 is 2.08 bits per heavy atom. The van der Waals surface area contributed by atoms with Crippen molar-refractivity contribution in [1.82, 2.24) is 24.7 Å². The third-order valence-electron chi connectivity index (χ3n) is 3.67. The Balaban J connectivity index is 0.000000569. The number of pyridine rings is 1. The van der Waals surface area contributed by atoms with E-state index in [0.29, 0.717) is 0 Å². The summed E-state index contributed by atoms with van der Waals surface area (Å²) < 4.78 is 1.91. The van der Waals surface area contributed by atoms with Crippen LogP contribution in [0.5, 0.6) is 0 Å². The lowest BCUT2D eigenvalue weighted by atomic mass is 10.0. The minimum Gasteiger partial charge on any atom is -0.483 e. The summed E-state index contributed by atoms with van der Waals surface area (Å²) in [6.45, 7) is 1.86. The Morgan fingerprint density at radius 1 is 1.28 bits per heavy atom. The van der Waals surface area contributed by atoms with Crippen LogP contribution in [-0.4, -0.2) is 36.3 Å². The number of aromatic nitrogens is 5.